The van der Waals surface area contributed by atoms with Crippen LogP contribution < -0.4 is 5.32 Å². The van der Waals surface area contributed by atoms with E-state index in [0.717, 1.165) is 0 Å². The maximum Gasteiger partial charge on any atom is 0.222 e. The maximum atomic E-state index is 11.2. The van der Waals surface area contributed by atoms with Crippen LogP contribution in [0.25, 0.3) is 0 Å². The van der Waals surface area contributed by atoms with Crippen LogP contribution in [0.1, 0.15) is 20.3 Å². The van der Waals surface area contributed by atoms with Crippen LogP contribution in [0, 0.1) is 5.92 Å². The van der Waals surface area contributed by atoms with E-state index in [0.29, 0.717) is 13.0 Å². The van der Waals surface area contributed by atoms with Crippen molar-refractivity contribution in [2.45, 2.75) is 26.3 Å². The Morgan fingerprint density at radius 2 is 2.15 bits per heavy atom. The summed E-state index contributed by atoms with van der Waals surface area (Å²) in [5, 5.41) is 11.7. The van der Waals surface area contributed by atoms with Crippen molar-refractivity contribution < 1.29 is 14.6 Å². The van der Waals surface area contributed by atoms with Crippen LogP contribution in [-0.4, -0.2) is 37.4 Å². The van der Waals surface area contributed by atoms with Gasteiger partial charge in [0.15, 0.2) is 0 Å². The van der Waals surface area contributed by atoms with Crippen LogP contribution in [0.4, 0.5) is 0 Å². The van der Waals surface area contributed by atoms with E-state index in [2.05, 4.69) is 5.32 Å². The molecule has 0 saturated carbocycles. The molecule has 0 aliphatic rings. The van der Waals surface area contributed by atoms with Gasteiger partial charge in [0.1, 0.15) is 0 Å². The number of ether oxygens (including phenoxy) is 1. The molecular weight excluding hydrogens is 170 g/mol. The number of aliphatic hydroxyl groups is 1. The van der Waals surface area contributed by atoms with Crippen molar-refractivity contribution in [3.63, 3.8) is 0 Å². The largest absolute Gasteiger partial charge is 0.394 e. The summed E-state index contributed by atoms with van der Waals surface area (Å²) in [5.41, 5.74) is 0. The minimum atomic E-state index is -0.149. The van der Waals surface area contributed by atoms with Crippen LogP contribution in [0.2, 0.25) is 0 Å². The Morgan fingerprint density at radius 3 is 2.54 bits per heavy atom. The zero-order chi connectivity index (χ0) is 10.3. The molecule has 0 radical (unpaired) electrons. The summed E-state index contributed by atoms with van der Waals surface area (Å²) in [6, 6.07) is -0.149. The first kappa shape index (κ1) is 12.4. The van der Waals surface area contributed by atoms with E-state index in [4.69, 9.17) is 9.84 Å². The highest BCUT2D eigenvalue weighted by Gasteiger charge is 2.14. The van der Waals surface area contributed by atoms with Crippen molar-refractivity contribution in [3.8, 4) is 0 Å². The van der Waals surface area contributed by atoms with E-state index < -0.39 is 0 Å². The van der Waals surface area contributed by atoms with Gasteiger partial charge in [-0.15, -0.1) is 0 Å². The fourth-order valence-electron chi connectivity index (χ4n) is 0.897. The molecule has 78 valence electrons. The molecule has 0 aliphatic carbocycles. The van der Waals surface area contributed by atoms with E-state index in [9.17, 15) is 4.79 Å². The van der Waals surface area contributed by atoms with Crippen LogP contribution in [-0.2, 0) is 9.53 Å². The fraction of sp³-hybridized carbons (Fsp3) is 0.889. The minimum absolute atomic E-state index is 0.0175. The molecule has 2 N–H and O–H groups in total. The summed E-state index contributed by atoms with van der Waals surface area (Å²) in [5.74, 6) is 0.172. The molecule has 0 aliphatic heterocycles. The highest BCUT2D eigenvalue weighted by Crippen LogP contribution is 2.00. The van der Waals surface area contributed by atoms with Crippen LogP contribution in [0.5, 0.6) is 0 Å². The molecule has 0 saturated heterocycles. The van der Waals surface area contributed by atoms with Crippen molar-refractivity contribution >= 4 is 5.91 Å². The second kappa shape index (κ2) is 6.86. The Kier molecular flexibility index (Phi) is 6.54. The number of rotatable bonds is 6. The number of amides is 1. The van der Waals surface area contributed by atoms with Crippen molar-refractivity contribution in [2.75, 3.05) is 20.3 Å². The molecule has 13 heavy (non-hydrogen) atoms. The minimum Gasteiger partial charge on any atom is -0.394 e. The molecule has 0 heterocycles. The SMILES string of the molecule is COCCC(=O)N[C@H](CO)C(C)C. The summed E-state index contributed by atoms with van der Waals surface area (Å²) >= 11 is 0. The number of aliphatic hydroxyl groups excluding tert-OH is 1. The summed E-state index contributed by atoms with van der Waals surface area (Å²) in [4.78, 5) is 11.2. The third-order valence-electron chi connectivity index (χ3n) is 1.88. The summed E-state index contributed by atoms with van der Waals surface area (Å²) in [6.45, 7) is 4.31. The molecule has 0 aromatic rings. The smallest absolute Gasteiger partial charge is 0.222 e. The van der Waals surface area contributed by atoms with Gasteiger partial charge in [-0.1, -0.05) is 13.8 Å². The molecule has 0 spiro atoms. The number of nitrogens with one attached hydrogen (secondary N) is 1. The lowest BCUT2D eigenvalue weighted by molar-refractivity contribution is -0.123. The van der Waals surface area contributed by atoms with Crippen LogP contribution >= 0.6 is 0 Å². The summed E-state index contributed by atoms with van der Waals surface area (Å²) in [7, 11) is 1.55. The Labute approximate surface area is 79.3 Å². The van der Waals surface area contributed by atoms with Gasteiger partial charge < -0.3 is 15.2 Å². The molecule has 0 unspecified atom stereocenters. The summed E-state index contributed by atoms with van der Waals surface area (Å²) in [6.07, 6.45) is 0.347. The Hall–Kier alpha value is -0.610. The number of hydrogen-bond acceptors (Lipinski definition) is 3. The number of carbonyl (C=O) groups excluding carboxylic acids is 1. The average molecular weight is 189 g/mol. The molecule has 0 fully saturated rings. The first-order valence-corrected chi connectivity index (χ1v) is 4.51. The zero-order valence-electron chi connectivity index (χ0n) is 8.54. The Balaban J connectivity index is 3.73. The van der Waals surface area contributed by atoms with Gasteiger partial charge in [0.25, 0.3) is 0 Å². The predicted octanol–water partition coefficient (Wildman–Crippen LogP) is 0.156. The van der Waals surface area contributed by atoms with Gasteiger partial charge in [0, 0.05) is 13.5 Å². The Bertz CT molecular complexity index is 148. The van der Waals surface area contributed by atoms with Crippen LogP contribution in [0.3, 0.4) is 0 Å². The molecule has 0 aromatic heterocycles. The topological polar surface area (TPSA) is 58.6 Å². The maximum absolute atomic E-state index is 11.2. The van der Waals surface area contributed by atoms with E-state index in [1.165, 1.54) is 0 Å². The summed E-state index contributed by atoms with van der Waals surface area (Å²) < 4.78 is 4.76. The molecule has 0 aromatic carbocycles. The number of carbonyl (C=O) groups is 1. The Morgan fingerprint density at radius 1 is 1.54 bits per heavy atom. The lowest BCUT2D eigenvalue weighted by atomic mass is 10.1. The second-order valence-corrected chi connectivity index (χ2v) is 3.34. The molecule has 1 atom stereocenters. The predicted molar refractivity (Wildman–Crippen MR) is 50.3 cm³/mol. The quantitative estimate of drug-likeness (QED) is 0.625. The highest BCUT2D eigenvalue weighted by molar-refractivity contribution is 5.76. The first-order valence-electron chi connectivity index (χ1n) is 4.51. The third-order valence-corrected chi connectivity index (χ3v) is 1.88. The first-order chi connectivity index (χ1) is 6.11. The van der Waals surface area contributed by atoms with Gasteiger partial charge in [-0.05, 0) is 5.92 Å². The molecule has 1 amide bonds. The highest BCUT2D eigenvalue weighted by atomic mass is 16.5. The van der Waals surface area contributed by atoms with Crippen molar-refractivity contribution in [1.82, 2.24) is 5.32 Å². The molecule has 0 rings (SSSR count). The average Bonchev–Trinajstić information content (AvgIpc) is 2.10. The van der Waals surface area contributed by atoms with Gasteiger partial charge in [0.2, 0.25) is 5.91 Å². The molecule has 4 nitrogen and oxygen atoms in total. The van der Waals surface area contributed by atoms with Crippen LogP contribution in [0.15, 0.2) is 0 Å². The normalized spacial score (nSPS) is 13.0. The standard InChI is InChI=1S/C9H19NO3/c1-7(2)8(6-11)10-9(12)4-5-13-3/h7-8,11H,4-6H2,1-3H3,(H,10,12)/t8-/m1/s1. The third kappa shape index (κ3) is 5.60. The monoisotopic (exact) mass is 189 g/mol. The lowest BCUT2D eigenvalue weighted by Crippen LogP contribution is -2.41. The molecule has 0 bridgehead atoms. The zero-order valence-corrected chi connectivity index (χ0v) is 8.54. The molecular formula is C9H19NO3. The van der Waals surface area contributed by atoms with Crippen molar-refractivity contribution in [3.05, 3.63) is 0 Å². The number of hydrogen-bond donors (Lipinski definition) is 2. The van der Waals surface area contributed by atoms with Gasteiger partial charge in [-0.3, -0.25) is 4.79 Å². The van der Waals surface area contributed by atoms with E-state index >= 15 is 0 Å². The van der Waals surface area contributed by atoms with E-state index in [-0.39, 0.29) is 24.5 Å². The van der Waals surface area contributed by atoms with E-state index in [1.54, 1.807) is 7.11 Å². The van der Waals surface area contributed by atoms with Gasteiger partial charge >= 0.3 is 0 Å². The van der Waals surface area contributed by atoms with Gasteiger partial charge in [-0.25, -0.2) is 0 Å². The van der Waals surface area contributed by atoms with Crippen molar-refractivity contribution in [1.29, 1.82) is 0 Å². The fourth-order valence-corrected chi connectivity index (χ4v) is 0.897. The van der Waals surface area contributed by atoms with Gasteiger partial charge in [0.05, 0.1) is 19.3 Å². The molecule has 4 heteroatoms. The lowest BCUT2D eigenvalue weighted by Gasteiger charge is -2.19. The van der Waals surface area contributed by atoms with Gasteiger partial charge in [-0.2, -0.15) is 0 Å². The number of methoxy groups -OCH3 is 1. The van der Waals surface area contributed by atoms with Crippen molar-refractivity contribution in [2.24, 2.45) is 5.92 Å². The second-order valence-electron chi connectivity index (χ2n) is 3.34. The van der Waals surface area contributed by atoms with E-state index in [1.807, 2.05) is 13.8 Å².